The van der Waals surface area contributed by atoms with Crippen LogP contribution in [0.5, 0.6) is 0 Å². The number of amides is 2. The monoisotopic (exact) mass is 444 g/mol. The van der Waals surface area contributed by atoms with E-state index in [1.165, 1.54) is 15.6 Å². The van der Waals surface area contributed by atoms with Crippen molar-refractivity contribution in [3.05, 3.63) is 46.5 Å². The second kappa shape index (κ2) is 7.77. The fraction of sp³-hybridized carbons (Fsp3) is 0.500. The van der Waals surface area contributed by atoms with E-state index in [-0.39, 0.29) is 37.2 Å². The molecule has 2 aliphatic rings. The Labute approximate surface area is 174 Å². The van der Waals surface area contributed by atoms with Crippen molar-refractivity contribution in [1.29, 1.82) is 0 Å². The molecule has 0 bridgehead atoms. The second-order valence-electron chi connectivity index (χ2n) is 7.97. The smallest absolute Gasteiger partial charge is 0.322 e. The van der Waals surface area contributed by atoms with Gasteiger partial charge in [-0.15, -0.1) is 0 Å². The van der Waals surface area contributed by atoms with Gasteiger partial charge in [-0.2, -0.15) is 13.9 Å². The van der Waals surface area contributed by atoms with Crippen molar-refractivity contribution in [3.63, 3.8) is 0 Å². The molecule has 0 spiro atoms. The number of benzene rings is 1. The average Bonchev–Trinajstić information content (AvgIpc) is 2.99. The number of nitrogens with one attached hydrogen (secondary N) is 1. The van der Waals surface area contributed by atoms with Gasteiger partial charge in [0.05, 0.1) is 29.6 Å². The van der Waals surface area contributed by atoms with Gasteiger partial charge in [-0.3, -0.25) is 4.68 Å². The van der Waals surface area contributed by atoms with Gasteiger partial charge >= 0.3 is 6.03 Å². The number of hydrogen-bond donors (Lipinski definition) is 2. The van der Waals surface area contributed by atoms with Crippen molar-refractivity contribution in [2.45, 2.75) is 63.8 Å². The molecule has 2 aromatic rings. The molecule has 2 N–H and O–H groups in total. The van der Waals surface area contributed by atoms with E-state index in [2.05, 4.69) is 10.4 Å². The molecular formula is C20H21F5N4O2. The maximum Gasteiger partial charge on any atom is 0.322 e. The summed E-state index contributed by atoms with van der Waals surface area (Å²) in [6.45, 7) is 1.63. The molecule has 6 nitrogen and oxygen atoms in total. The van der Waals surface area contributed by atoms with Gasteiger partial charge in [-0.05, 0) is 19.4 Å². The van der Waals surface area contributed by atoms with Crippen LogP contribution in [0.2, 0.25) is 0 Å². The number of urea groups is 1. The number of anilines is 1. The molecule has 0 unspecified atom stereocenters. The van der Waals surface area contributed by atoms with Crippen LogP contribution >= 0.6 is 0 Å². The van der Waals surface area contributed by atoms with Crippen molar-refractivity contribution in [2.24, 2.45) is 0 Å². The van der Waals surface area contributed by atoms with Crippen molar-refractivity contribution in [1.82, 2.24) is 14.7 Å². The van der Waals surface area contributed by atoms with Crippen molar-refractivity contribution in [2.75, 3.05) is 5.32 Å². The zero-order valence-corrected chi connectivity index (χ0v) is 16.6. The molecule has 0 fully saturated rings. The molecule has 2 amide bonds. The summed E-state index contributed by atoms with van der Waals surface area (Å²) in [7, 11) is 0. The number of nitrogens with zero attached hydrogens (tertiary/aromatic N) is 3. The molecule has 2 aliphatic heterocycles. The van der Waals surface area contributed by atoms with Gasteiger partial charge in [0.15, 0.2) is 5.82 Å². The summed E-state index contributed by atoms with van der Waals surface area (Å²) in [5.74, 6) is -4.56. The van der Waals surface area contributed by atoms with Crippen LogP contribution in [0, 0.1) is 5.82 Å². The molecule has 168 valence electrons. The van der Waals surface area contributed by atoms with Crippen LogP contribution in [-0.2, 0) is 25.4 Å². The Morgan fingerprint density at radius 2 is 2.10 bits per heavy atom. The Bertz CT molecular complexity index is 1010. The zero-order valence-electron chi connectivity index (χ0n) is 16.6. The number of carbonyl (C=O) groups is 1. The molecule has 0 saturated carbocycles. The highest BCUT2D eigenvalue weighted by molar-refractivity contribution is 5.90. The first-order chi connectivity index (χ1) is 14.6. The van der Waals surface area contributed by atoms with Crippen molar-refractivity contribution < 1.29 is 31.9 Å². The predicted molar refractivity (Wildman–Crippen MR) is 100 cm³/mol. The number of aryl methyl sites for hydroxylation is 1. The SMILES string of the molecule is C[C@@H]1Cc2nn3c(c2CN1C(=O)Nc1cccc(C(F)F)c1F)C(F)(F)C[C@@H](O)CC3. The second-order valence-corrected chi connectivity index (χ2v) is 7.97. The lowest BCUT2D eigenvalue weighted by molar-refractivity contribution is -0.0509. The van der Waals surface area contributed by atoms with E-state index < -0.39 is 54.0 Å². The summed E-state index contributed by atoms with van der Waals surface area (Å²) in [5, 5.41) is 16.3. The molecule has 3 heterocycles. The molecule has 2 atom stereocenters. The fourth-order valence-electron chi connectivity index (χ4n) is 4.21. The summed E-state index contributed by atoms with van der Waals surface area (Å²) < 4.78 is 71.0. The summed E-state index contributed by atoms with van der Waals surface area (Å²) in [6, 6.07) is 2.04. The third kappa shape index (κ3) is 3.86. The van der Waals surface area contributed by atoms with E-state index in [9.17, 15) is 31.9 Å². The molecule has 4 rings (SSSR count). The minimum atomic E-state index is -3.32. The Morgan fingerprint density at radius 1 is 1.35 bits per heavy atom. The van der Waals surface area contributed by atoms with Crippen LogP contribution in [0.4, 0.5) is 32.4 Å². The highest BCUT2D eigenvalue weighted by Crippen LogP contribution is 2.41. The number of hydrogen-bond acceptors (Lipinski definition) is 3. The average molecular weight is 444 g/mol. The number of aromatic nitrogens is 2. The number of carbonyl (C=O) groups excluding carboxylic acids is 1. The standard InChI is InChI=1S/C20H21F5N4O2/c1-10-7-15-13(17-20(24,25)8-11(30)5-6-29(17)27-15)9-28(10)19(31)26-14-4-2-3-12(16(14)21)18(22)23/h2-4,10-11,18,30H,5-9H2,1H3,(H,26,31)/t10-,11+/m1/s1. The third-order valence-electron chi connectivity index (χ3n) is 5.76. The Balaban J connectivity index is 1.62. The third-order valence-corrected chi connectivity index (χ3v) is 5.76. The summed E-state index contributed by atoms with van der Waals surface area (Å²) in [4.78, 5) is 14.0. The van der Waals surface area contributed by atoms with Crippen LogP contribution < -0.4 is 5.32 Å². The number of fused-ring (bicyclic) bond motifs is 3. The van der Waals surface area contributed by atoms with Crippen LogP contribution in [0.1, 0.15) is 48.7 Å². The Kier molecular flexibility index (Phi) is 5.40. The number of aliphatic hydroxyl groups is 1. The van der Waals surface area contributed by atoms with Crippen LogP contribution in [-0.4, -0.2) is 38.0 Å². The van der Waals surface area contributed by atoms with Gasteiger partial charge in [0.2, 0.25) is 0 Å². The molecule has 0 aliphatic carbocycles. The normalized spacial score (nSPS) is 22.6. The van der Waals surface area contributed by atoms with Gasteiger partial charge in [-0.25, -0.2) is 18.0 Å². The number of halogens is 5. The first kappa shape index (κ1) is 21.5. The lowest BCUT2D eigenvalue weighted by Gasteiger charge is -2.34. The van der Waals surface area contributed by atoms with Gasteiger partial charge in [0, 0.05) is 31.0 Å². The molecule has 31 heavy (non-hydrogen) atoms. The quantitative estimate of drug-likeness (QED) is 0.683. The minimum absolute atomic E-state index is 0.130. The number of rotatable bonds is 2. The van der Waals surface area contributed by atoms with E-state index >= 15 is 0 Å². The van der Waals surface area contributed by atoms with Crippen LogP contribution in [0.3, 0.4) is 0 Å². The summed E-state index contributed by atoms with van der Waals surface area (Å²) >= 11 is 0. The van der Waals surface area contributed by atoms with Crippen LogP contribution in [0.25, 0.3) is 0 Å². The topological polar surface area (TPSA) is 70.4 Å². The van der Waals surface area contributed by atoms with Gasteiger partial charge < -0.3 is 15.3 Å². The van der Waals surface area contributed by atoms with E-state index in [1.54, 1.807) is 6.92 Å². The lowest BCUT2D eigenvalue weighted by atomic mass is 9.96. The minimum Gasteiger partial charge on any atom is -0.393 e. The maximum absolute atomic E-state index is 14.8. The first-order valence-corrected chi connectivity index (χ1v) is 9.87. The maximum atomic E-state index is 14.8. The van der Waals surface area contributed by atoms with E-state index in [0.29, 0.717) is 5.69 Å². The Hall–Kier alpha value is -2.69. The zero-order chi connectivity index (χ0) is 22.5. The van der Waals surface area contributed by atoms with Gasteiger partial charge in [0.25, 0.3) is 12.3 Å². The molecule has 11 heteroatoms. The summed E-state index contributed by atoms with van der Waals surface area (Å²) in [5.41, 5.74) is -0.924. The van der Waals surface area contributed by atoms with Gasteiger partial charge in [0.1, 0.15) is 5.69 Å². The fourth-order valence-corrected chi connectivity index (χ4v) is 4.21. The van der Waals surface area contributed by atoms with Crippen LogP contribution in [0.15, 0.2) is 18.2 Å². The highest BCUT2D eigenvalue weighted by atomic mass is 19.3. The molecular weight excluding hydrogens is 423 g/mol. The molecule has 1 aromatic carbocycles. The lowest BCUT2D eigenvalue weighted by Crippen LogP contribution is -2.45. The number of alkyl halides is 4. The van der Waals surface area contributed by atoms with E-state index in [1.807, 2.05) is 0 Å². The van der Waals surface area contributed by atoms with Crippen molar-refractivity contribution >= 4 is 11.7 Å². The van der Waals surface area contributed by atoms with Gasteiger partial charge in [-0.1, -0.05) is 12.1 Å². The summed E-state index contributed by atoms with van der Waals surface area (Å²) in [6.07, 6.45) is -4.60. The van der Waals surface area contributed by atoms with E-state index in [4.69, 9.17) is 0 Å². The molecule has 0 saturated heterocycles. The van der Waals surface area contributed by atoms with Crippen molar-refractivity contribution in [3.8, 4) is 0 Å². The Morgan fingerprint density at radius 3 is 2.81 bits per heavy atom. The van der Waals surface area contributed by atoms with E-state index in [0.717, 1.165) is 12.1 Å². The predicted octanol–water partition coefficient (Wildman–Crippen LogP) is 4.19. The largest absolute Gasteiger partial charge is 0.393 e. The molecule has 1 aromatic heterocycles. The first-order valence-electron chi connectivity index (χ1n) is 9.87. The molecule has 0 radical (unpaired) electrons. The highest BCUT2D eigenvalue weighted by Gasteiger charge is 2.45. The number of aliphatic hydroxyl groups excluding tert-OH is 1.